The summed E-state index contributed by atoms with van der Waals surface area (Å²) >= 11 is 0. The molecule has 0 saturated carbocycles. The fourth-order valence-electron chi connectivity index (χ4n) is 6.40. The molecule has 4 rings (SSSR count). The number of aliphatic hydroxyl groups excluding tert-OH is 1. The minimum Gasteiger partial charge on any atom is -0.482 e. The number of amides is 4. The first-order chi connectivity index (χ1) is 27.4. The van der Waals surface area contributed by atoms with Crippen LogP contribution < -0.4 is 26.0 Å². The minimum absolute atomic E-state index is 0.0333. The van der Waals surface area contributed by atoms with Crippen molar-refractivity contribution in [3.63, 3.8) is 0 Å². The van der Waals surface area contributed by atoms with Crippen molar-refractivity contribution >= 4 is 23.8 Å². The number of carbonyl (C=O) groups is 4. The van der Waals surface area contributed by atoms with Crippen LogP contribution in [0.5, 0.6) is 5.75 Å². The van der Waals surface area contributed by atoms with Crippen LogP contribution >= 0.6 is 0 Å². The highest BCUT2D eigenvalue weighted by Crippen LogP contribution is 2.24. The normalized spacial score (nSPS) is 14.2. The van der Waals surface area contributed by atoms with Crippen molar-refractivity contribution in [3.05, 3.63) is 114 Å². The van der Waals surface area contributed by atoms with E-state index in [0.29, 0.717) is 12.2 Å². The largest absolute Gasteiger partial charge is 0.482 e. The number of nitrogens with one attached hydrogen (secondary N) is 4. The molecular weight excluding hydrogens is 737 g/mol. The van der Waals surface area contributed by atoms with E-state index in [0.717, 1.165) is 28.1 Å². The van der Waals surface area contributed by atoms with Gasteiger partial charge in [-0.15, -0.1) is 0 Å². The van der Waals surface area contributed by atoms with Crippen LogP contribution in [0.1, 0.15) is 64.8 Å². The average Bonchev–Trinajstić information content (AvgIpc) is 3.18. The molecule has 13 heteroatoms. The molecule has 0 fully saturated rings. The quantitative estimate of drug-likeness (QED) is 0.0944. The first-order valence-corrected chi connectivity index (χ1v) is 19.4. The molecule has 2 heterocycles. The smallest absolute Gasteiger partial charge is 0.407 e. The van der Waals surface area contributed by atoms with E-state index in [-0.39, 0.29) is 19.4 Å². The van der Waals surface area contributed by atoms with Gasteiger partial charge in [0.15, 0.2) is 6.61 Å². The monoisotopic (exact) mass is 794 g/mol. The molecule has 2 aromatic heterocycles. The summed E-state index contributed by atoms with van der Waals surface area (Å²) in [5.41, 5.74) is 2.88. The van der Waals surface area contributed by atoms with Gasteiger partial charge in [0.2, 0.25) is 11.8 Å². The molecule has 5 N–H and O–H groups in total. The van der Waals surface area contributed by atoms with E-state index in [4.69, 9.17) is 9.47 Å². The Hall–Kier alpha value is -5.82. The maximum absolute atomic E-state index is 14.2. The van der Waals surface area contributed by atoms with Gasteiger partial charge >= 0.3 is 6.09 Å². The molecule has 2 aromatic carbocycles. The first kappa shape index (κ1) is 44.9. The second-order valence-corrected chi connectivity index (χ2v) is 16.7. The lowest BCUT2D eigenvalue weighted by Crippen LogP contribution is -2.59. The summed E-state index contributed by atoms with van der Waals surface area (Å²) < 4.78 is 10.4. The van der Waals surface area contributed by atoms with E-state index in [1.54, 1.807) is 18.3 Å². The van der Waals surface area contributed by atoms with Crippen LogP contribution in [0, 0.1) is 17.8 Å². The minimum atomic E-state index is -1.17. The van der Waals surface area contributed by atoms with Gasteiger partial charge in [0.05, 0.1) is 31.1 Å². The lowest BCUT2D eigenvalue weighted by Gasteiger charge is -2.35. The van der Waals surface area contributed by atoms with Crippen molar-refractivity contribution in [3.8, 4) is 17.0 Å². The van der Waals surface area contributed by atoms with Gasteiger partial charge in [-0.05, 0) is 72.4 Å². The Kier molecular flexibility index (Phi) is 15.9. The van der Waals surface area contributed by atoms with E-state index in [1.165, 1.54) is 13.3 Å². The summed E-state index contributed by atoms with van der Waals surface area (Å²) in [6.07, 6.45) is 1.95. The number of methoxy groups -OCH3 is 1. The zero-order valence-corrected chi connectivity index (χ0v) is 34.7. The van der Waals surface area contributed by atoms with Gasteiger partial charge in [0.25, 0.3) is 5.91 Å². The van der Waals surface area contributed by atoms with E-state index in [1.807, 2.05) is 121 Å². The third-order valence-corrected chi connectivity index (χ3v) is 9.62. The van der Waals surface area contributed by atoms with Gasteiger partial charge in [-0.2, -0.15) is 0 Å². The molecule has 0 spiro atoms. The standard InChI is InChI=1S/C45H58N6O7/c1-29-17-22-34(27-47-29)58-28-38(53)50-39(44(2,3)4)42(55)49-36(25-30-14-10-9-11-15-30)37(52)26-33(48-41(54)40(45(5,6)7)51-43(56)57-8)24-31-18-20-32(21-19-31)35-16-12-13-23-46-35/h9-23,27,33,36-37,39-40,52H,24-26,28H2,1-8H3,(H,48,54)(H,49,55)(H,50,53)(H,51,56). The highest BCUT2D eigenvalue weighted by Gasteiger charge is 2.37. The van der Waals surface area contributed by atoms with Crippen LogP contribution in [-0.2, 0) is 32.0 Å². The number of benzene rings is 2. The Balaban J connectivity index is 1.60. The number of carbonyl (C=O) groups excluding carboxylic acids is 4. The molecule has 5 atom stereocenters. The first-order valence-electron chi connectivity index (χ1n) is 19.4. The fraction of sp³-hybridized carbons (Fsp3) is 0.422. The van der Waals surface area contributed by atoms with Crippen LogP contribution in [0.3, 0.4) is 0 Å². The van der Waals surface area contributed by atoms with E-state index in [2.05, 4.69) is 31.2 Å². The molecule has 0 aliphatic heterocycles. The summed E-state index contributed by atoms with van der Waals surface area (Å²) in [4.78, 5) is 62.2. The van der Waals surface area contributed by atoms with Crippen molar-refractivity contribution < 1.29 is 33.8 Å². The lowest BCUT2D eigenvalue weighted by atomic mass is 9.85. The molecule has 13 nitrogen and oxygen atoms in total. The zero-order valence-electron chi connectivity index (χ0n) is 34.7. The van der Waals surface area contributed by atoms with Gasteiger partial charge in [-0.1, -0.05) is 102 Å². The molecule has 4 amide bonds. The molecule has 0 aliphatic carbocycles. The lowest BCUT2D eigenvalue weighted by molar-refractivity contribution is -0.133. The van der Waals surface area contributed by atoms with Crippen LogP contribution in [0.2, 0.25) is 0 Å². The van der Waals surface area contributed by atoms with Crippen LogP contribution in [-0.4, -0.2) is 82.9 Å². The van der Waals surface area contributed by atoms with Gasteiger partial charge in [0.1, 0.15) is 17.8 Å². The molecule has 4 aromatic rings. The number of aromatic nitrogens is 2. The molecule has 0 aliphatic rings. The fourth-order valence-corrected chi connectivity index (χ4v) is 6.40. The highest BCUT2D eigenvalue weighted by atomic mass is 16.5. The van der Waals surface area contributed by atoms with Gasteiger partial charge in [-0.25, -0.2) is 4.79 Å². The Morgan fingerprint density at radius 2 is 1.33 bits per heavy atom. The van der Waals surface area contributed by atoms with Crippen molar-refractivity contribution in [2.24, 2.45) is 10.8 Å². The summed E-state index contributed by atoms with van der Waals surface area (Å²) in [7, 11) is 1.23. The van der Waals surface area contributed by atoms with Crippen LogP contribution in [0.4, 0.5) is 4.79 Å². The third-order valence-electron chi connectivity index (χ3n) is 9.62. The molecule has 310 valence electrons. The van der Waals surface area contributed by atoms with Crippen molar-refractivity contribution in [1.29, 1.82) is 0 Å². The average molecular weight is 795 g/mol. The topological polar surface area (TPSA) is 181 Å². The molecule has 0 radical (unpaired) electrons. The second-order valence-electron chi connectivity index (χ2n) is 16.7. The van der Waals surface area contributed by atoms with Gasteiger partial charge in [-0.3, -0.25) is 24.4 Å². The second kappa shape index (κ2) is 20.6. The van der Waals surface area contributed by atoms with Crippen LogP contribution in [0.15, 0.2) is 97.3 Å². The molecule has 5 unspecified atom stereocenters. The highest BCUT2D eigenvalue weighted by molar-refractivity contribution is 5.89. The third kappa shape index (κ3) is 14.0. The van der Waals surface area contributed by atoms with Gasteiger partial charge in [0, 0.05) is 23.5 Å². The SMILES string of the molecule is COC(=O)NC(C(=O)NC(Cc1ccc(-c2ccccn2)cc1)CC(O)C(Cc1ccccc1)NC(=O)C(NC(=O)COc1ccc(C)nc1)C(C)(C)C)C(C)(C)C. The number of alkyl carbamates (subject to hydrolysis) is 1. The number of aliphatic hydroxyl groups is 1. The van der Waals surface area contributed by atoms with Crippen LogP contribution in [0.25, 0.3) is 11.3 Å². The maximum Gasteiger partial charge on any atom is 0.407 e. The number of hydrogen-bond acceptors (Lipinski definition) is 9. The van der Waals surface area contributed by atoms with E-state index < -0.39 is 64.9 Å². The van der Waals surface area contributed by atoms with Crippen molar-refractivity contribution in [2.75, 3.05) is 13.7 Å². The number of ether oxygens (including phenoxy) is 2. The van der Waals surface area contributed by atoms with Crippen molar-refractivity contribution in [2.45, 2.75) is 98.0 Å². The molecule has 58 heavy (non-hydrogen) atoms. The predicted octanol–water partition coefficient (Wildman–Crippen LogP) is 5.34. The summed E-state index contributed by atoms with van der Waals surface area (Å²) in [6, 6.07) is 23.0. The molecule has 0 bridgehead atoms. The summed E-state index contributed by atoms with van der Waals surface area (Å²) in [5, 5.41) is 23.7. The van der Waals surface area contributed by atoms with Gasteiger partial charge < -0.3 is 35.8 Å². The summed E-state index contributed by atoms with van der Waals surface area (Å²) in [6.45, 7) is 12.5. The Bertz CT molecular complexity index is 1930. The predicted molar refractivity (Wildman–Crippen MR) is 223 cm³/mol. The van der Waals surface area contributed by atoms with E-state index >= 15 is 0 Å². The molecular formula is C45H58N6O7. The number of pyridine rings is 2. The maximum atomic E-state index is 14.2. The number of aryl methyl sites for hydroxylation is 1. The zero-order chi connectivity index (χ0) is 42.5. The molecule has 0 saturated heterocycles. The van der Waals surface area contributed by atoms with Crippen molar-refractivity contribution in [1.82, 2.24) is 31.2 Å². The Labute approximate surface area is 341 Å². The summed E-state index contributed by atoms with van der Waals surface area (Å²) in [5.74, 6) is -1.02. The number of nitrogens with zero attached hydrogens (tertiary/aromatic N) is 2. The number of rotatable bonds is 17. The Morgan fingerprint density at radius 1 is 0.707 bits per heavy atom. The Morgan fingerprint density at radius 3 is 1.91 bits per heavy atom. The number of hydrogen-bond donors (Lipinski definition) is 5. The van der Waals surface area contributed by atoms with E-state index in [9.17, 15) is 24.3 Å².